The first-order valence-corrected chi connectivity index (χ1v) is 11.9. The predicted octanol–water partition coefficient (Wildman–Crippen LogP) is 3.70. The van der Waals surface area contributed by atoms with E-state index in [0.29, 0.717) is 18.3 Å². The van der Waals surface area contributed by atoms with Crippen molar-refractivity contribution in [3.05, 3.63) is 77.8 Å². The highest BCUT2D eigenvalue weighted by Gasteiger charge is 2.23. The molecule has 1 atom stereocenters. The van der Waals surface area contributed by atoms with Crippen LogP contribution in [0.15, 0.2) is 70.8 Å². The van der Waals surface area contributed by atoms with Crippen molar-refractivity contribution in [3.63, 3.8) is 0 Å². The molecule has 0 aliphatic carbocycles. The second-order valence-corrected chi connectivity index (χ2v) is 8.50. The van der Waals surface area contributed by atoms with E-state index in [1.54, 1.807) is 0 Å². The number of rotatable bonds is 7. The summed E-state index contributed by atoms with van der Waals surface area (Å²) >= 11 is 0. The molecule has 5 rings (SSSR count). The Morgan fingerprint density at radius 3 is 2.71 bits per heavy atom. The van der Waals surface area contributed by atoms with Crippen LogP contribution in [0.2, 0.25) is 0 Å². The zero-order chi connectivity index (χ0) is 23.2. The van der Waals surface area contributed by atoms with Crippen molar-refractivity contribution in [3.8, 4) is 0 Å². The summed E-state index contributed by atoms with van der Waals surface area (Å²) in [5, 5.41) is 3.41. The fourth-order valence-electron chi connectivity index (χ4n) is 4.23. The molecular formula is C26H30N6O2. The maximum absolute atomic E-state index is 5.77. The molecule has 0 bridgehead atoms. The fraction of sp³-hybridized carbons (Fsp3) is 0.385. The van der Waals surface area contributed by atoms with Crippen molar-refractivity contribution in [2.75, 3.05) is 32.9 Å². The molecule has 8 heteroatoms. The monoisotopic (exact) mass is 458 g/mol. The molecule has 1 aromatic carbocycles. The Balaban J connectivity index is 1.19. The first kappa shape index (κ1) is 22.3. The van der Waals surface area contributed by atoms with Gasteiger partial charge in [-0.3, -0.25) is 0 Å². The largest absolute Gasteiger partial charge is 0.473 e. The average molecular weight is 459 g/mol. The molecule has 1 fully saturated rings. The molecule has 0 radical (unpaired) electrons. The lowest BCUT2D eigenvalue weighted by Crippen LogP contribution is -2.36. The molecule has 4 heterocycles. The summed E-state index contributed by atoms with van der Waals surface area (Å²) in [4.78, 5) is 20.6. The van der Waals surface area contributed by atoms with Gasteiger partial charge in [-0.15, -0.1) is 0 Å². The Bertz CT molecular complexity index is 1100. The van der Waals surface area contributed by atoms with E-state index >= 15 is 0 Å². The normalized spacial score (nSPS) is 20.5. The number of nitrogens with zero attached hydrogens (tertiary/aromatic N) is 5. The van der Waals surface area contributed by atoms with Gasteiger partial charge in [-0.1, -0.05) is 43.7 Å². The van der Waals surface area contributed by atoms with Crippen molar-refractivity contribution in [1.29, 1.82) is 0 Å². The molecule has 34 heavy (non-hydrogen) atoms. The van der Waals surface area contributed by atoms with Crippen LogP contribution in [0.1, 0.15) is 49.2 Å². The predicted molar refractivity (Wildman–Crippen MR) is 132 cm³/mol. The van der Waals surface area contributed by atoms with Crippen molar-refractivity contribution in [2.45, 2.75) is 32.2 Å². The van der Waals surface area contributed by atoms with Crippen molar-refractivity contribution >= 4 is 17.3 Å². The molecule has 0 spiro atoms. The molecule has 0 amide bonds. The van der Waals surface area contributed by atoms with Gasteiger partial charge in [-0.25, -0.2) is 20.0 Å². The molecule has 3 aliphatic rings. The first-order valence-electron chi connectivity index (χ1n) is 11.9. The van der Waals surface area contributed by atoms with Crippen molar-refractivity contribution in [2.24, 2.45) is 9.98 Å². The second kappa shape index (κ2) is 10.6. The molecule has 0 saturated carbocycles. The van der Waals surface area contributed by atoms with Crippen LogP contribution in [0, 0.1) is 0 Å². The molecule has 1 N–H and O–H groups in total. The van der Waals surface area contributed by atoms with E-state index in [1.165, 1.54) is 5.70 Å². The van der Waals surface area contributed by atoms with Gasteiger partial charge in [0.2, 0.25) is 5.82 Å². The van der Waals surface area contributed by atoms with Crippen LogP contribution in [0.4, 0.5) is 0 Å². The van der Waals surface area contributed by atoms with Crippen LogP contribution >= 0.6 is 0 Å². The van der Waals surface area contributed by atoms with E-state index in [1.807, 2.05) is 36.8 Å². The summed E-state index contributed by atoms with van der Waals surface area (Å²) in [5.41, 5.74) is 4.48. The number of aromatic nitrogens is 2. The van der Waals surface area contributed by atoms with E-state index in [4.69, 9.17) is 9.47 Å². The maximum atomic E-state index is 5.77. The Morgan fingerprint density at radius 1 is 1.15 bits per heavy atom. The Morgan fingerprint density at radius 2 is 1.94 bits per heavy atom. The number of hydrogen-bond acceptors (Lipinski definition) is 8. The van der Waals surface area contributed by atoms with Crippen LogP contribution in [-0.2, 0) is 9.47 Å². The zero-order valence-corrected chi connectivity index (χ0v) is 19.5. The van der Waals surface area contributed by atoms with Crippen molar-refractivity contribution < 1.29 is 9.47 Å². The zero-order valence-electron chi connectivity index (χ0n) is 19.5. The molecule has 0 unspecified atom stereocenters. The Kier molecular flexibility index (Phi) is 6.95. The minimum Gasteiger partial charge on any atom is -0.473 e. The van der Waals surface area contributed by atoms with E-state index in [0.717, 1.165) is 68.1 Å². The van der Waals surface area contributed by atoms with Gasteiger partial charge in [0.25, 0.3) is 5.90 Å². The number of ether oxygens (including phenoxy) is 2. The maximum Gasteiger partial charge on any atom is 0.255 e. The van der Waals surface area contributed by atoms with Crippen LogP contribution in [-0.4, -0.2) is 59.5 Å². The number of amidine groups is 1. The molecular weight excluding hydrogens is 428 g/mol. The SMILES string of the molecule is CCC/C(=C\NC1=NC=C(c2cnc(C3=N[C@@H](c4ccccc4)CO3)nc2)C1)N1CCOCC1. The Hall–Kier alpha value is -3.52. The minimum atomic E-state index is -0.0119. The number of aliphatic imine (C=N–C) groups is 2. The summed E-state index contributed by atoms with van der Waals surface area (Å²) in [6.45, 7) is 6.16. The highest BCUT2D eigenvalue weighted by molar-refractivity contribution is 5.97. The van der Waals surface area contributed by atoms with Gasteiger partial charge in [0.05, 0.1) is 13.2 Å². The summed E-state index contributed by atoms with van der Waals surface area (Å²) in [5.74, 6) is 1.93. The van der Waals surface area contributed by atoms with E-state index in [9.17, 15) is 0 Å². The van der Waals surface area contributed by atoms with Gasteiger partial charge in [0.1, 0.15) is 18.5 Å². The van der Waals surface area contributed by atoms with Gasteiger partial charge in [0, 0.05) is 55.6 Å². The molecule has 2 aromatic rings. The summed E-state index contributed by atoms with van der Waals surface area (Å²) in [6.07, 6.45) is 10.5. The fourth-order valence-corrected chi connectivity index (χ4v) is 4.23. The van der Waals surface area contributed by atoms with Gasteiger partial charge < -0.3 is 19.7 Å². The molecule has 1 aromatic heterocycles. The van der Waals surface area contributed by atoms with Crippen LogP contribution in [0.5, 0.6) is 0 Å². The lowest BCUT2D eigenvalue weighted by molar-refractivity contribution is 0.0518. The van der Waals surface area contributed by atoms with Crippen molar-refractivity contribution in [1.82, 2.24) is 20.2 Å². The lowest BCUT2D eigenvalue weighted by atomic mass is 10.1. The minimum absolute atomic E-state index is 0.0119. The quantitative estimate of drug-likeness (QED) is 0.681. The van der Waals surface area contributed by atoms with Crippen LogP contribution in [0.25, 0.3) is 5.57 Å². The standard InChI is InChI=1S/C26H30N6O2/c1-2-6-22(32-9-11-33-12-10-32)17-28-24-13-20(14-27-24)21-15-29-25(30-16-21)26-31-23(18-34-26)19-7-4-3-5-8-19/h3-5,7-8,14-17,23H,2,6,9-13,18H2,1H3,(H,27,28)/b22-17+/t23-/m1/s1. The van der Waals surface area contributed by atoms with Crippen LogP contribution in [0.3, 0.4) is 0 Å². The molecule has 3 aliphatic heterocycles. The lowest BCUT2D eigenvalue weighted by Gasteiger charge is -2.31. The number of morpholine rings is 1. The van der Waals surface area contributed by atoms with Gasteiger partial charge >= 0.3 is 0 Å². The Labute approximate surface area is 200 Å². The number of benzene rings is 1. The summed E-state index contributed by atoms with van der Waals surface area (Å²) in [7, 11) is 0. The summed E-state index contributed by atoms with van der Waals surface area (Å²) < 4.78 is 11.3. The third-order valence-electron chi connectivity index (χ3n) is 6.11. The average Bonchev–Trinajstić information content (AvgIpc) is 3.58. The molecule has 1 saturated heterocycles. The van der Waals surface area contributed by atoms with Gasteiger partial charge in [-0.2, -0.15) is 0 Å². The first-order chi connectivity index (χ1) is 16.8. The van der Waals surface area contributed by atoms with E-state index in [2.05, 4.69) is 55.4 Å². The number of nitrogens with one attached hydrogen (secondary N) is 1. The highest BCUT2D eigenvalue weighted by Crippen LogP contribution is 2.25. The third-order valence-corrected chi connectivity index (χ3v) is 6.11. The molecule has 8 nitrogen and oxygen atoms in total. The third kappa shape index (κ3) is 5.17. The number of allylic oxidation sites excluding steroid dienone is 1. The summed E-state index contributed by atoms with van der Waals surface area (Å²) in [6, 6.07) is 10.1. The topological polar surface area (TPSA) is 84.2 Å². The smallest absolute Gasteiger partial charge is 0.255 e. The van der Waals surface area contributed by atoms with Gasteiger partial charge in [0.15, 0.2) is 0 Å². The highest BCUT2D eigenvalue weighted by atomic mass is 16.5. The van der Waals surface area contributed by atoms with Crippen LogP contribution < -0.4 is 5.32 Å². The number of hydrogen-bond donors (Lipinski definition) is 1. The molecule has 176 valence electrons. The van der Waals surface area contributed by atoms with E-state index < -0.39 is 0 Å². The van der Waals surface area contributed by atoms with Gasteiger partial charge in [-0.05, 0) is 17.6 Å². The van der Waals surface area contributed by atoms with E-state index in [-0.39, 0.29) is 6.04 Å². The second-order valence-electron chi connectivity index (χ2n) is 8.50.